The van der Waals surface area contributed by atoms with Crippen LogP contribution in [-0.4, -0.2) is 29.2 Å². The number of allylic oxidation sites excluding steroid dienone is 2. The van der Waals surface area contributed by atoms with Gasteiger partial charge in [0.15, 0.2) is 0 Å². The molecule has 1 aromatic carbocycles. The summed E-state index contributed by atoms with van der Waals surface area (Å²) in [6.07, 6.45) is 23.3. The molecule has 0 saturated heterocycles. The topological polar surface area (TPSA) is 80.7 Å². The molecule has 2 aliphatic rings. The maximum Gasteiger partial charge on any atom is 0.305 e. The second-order valence-electron chi connectivity index (χ2n) is 13.1. The van der Waals surface area contributed by atoms with Crippen molar-refractivity contribution in [3.05, 3.63) is 52.1 Å². The van der Waals surface area contributed by atoms with E-state index >= 15 is 0 Å². The quantitative estimate of drug-likeness (QED) is 0.0812. The van der Waals surface area contributed by atoms with E-state index in [1.54, 1.807) is 13.0 Å². The molecule has 0 fully saturated rings. The van der Waals surface area contributed by atoms with Gasteiger partial charge in [-0.2, -0.15) is 0 Å². The van der Waals surface area contributed by atoms with E-state index in [0.717, 1.165) is 56.1 Å². The van der Waals surface area contributed by atoms with Gasteiger partial charge in [-0.15, -0.1) is 0 Å². The lowest BCUT2D eigenvalue weighted by atomic mass is 9.69. The molecule has 0 radical (unpaired) electrons. The van der Waals surface area contributed by atoms with Gasteiger partial charge >= 0.3 is 5.97 Å². The lowest BCUT2D eigenvalue weighted by Crippen LogP contribution is -2.33. The third-order valence-corrected chi connectivity index (χ3v) is 9.09. The third-order valence-electron chi connectivity index (χ3n) is 9.09. The van der Waals surface area contributed by atoms with Crippen molar-refractivity contribution in [2.45, 2.75) is 142 Å². The standard InChI is InChI=1S/C37H54O5/c1-5-6-7-8-9-10-11-12-13-14-15-16-17-18-19-22-31(38)42-26-27(2)32-34(39)29-23-24-30-28(21-20-25-37(30,3)4)33(29)36(41)35(32)40/h12-13,23-24,27,39H,5-11,14-22,25-26H2,1-4H3/b13-12-. The van der Waals surface area contributed by atoms with Crippen LogP contribution in [0.5, 0.6) is 0 Å². The van der Waals surface area contributed by atoms with Crippen LogP contribution in [0.2, 0.25) is 0 Å². The highest BCUT2D eigenvalue weighted by Crippen LogP contribution is 2.42. The van der Waals surface area contributed by atoms with Crippen LogP contribution in [0.4, 0.5) is 0 Å². The Bertz CT molecular complexity index is 1140. The Hall–Kier alpha value is -2.69. The Kier molecular flexibility index (Phi) is 13.5. The van der Waals surface area contributed by atoms with Crippen LogP contribution < -0.4 is 0 Å². The molecule has 5 heteroatoms. The minimum Gasteiger partial charge on any atom is -0.507 e. The number of ketones is 2. The van der Waals surface area contributed by atoms with Crippen LogP contribution in [-0.2, 0) is 26.2 Å². The summed E-state index contributed by atoms with van der Waals surface area (Å²) in [5.74, 6) is -2.26. The van der Waals surface area contributed by atoms with Crippen LogP contribution in [0.25, 0.3) is 5.76 Å². The van der Waals surface area contributed by atoms with Gasteiger partial charge in [0.1, 0.15) is 5.76 Å². The zero-order valence-corrected chi connectivity index (χ0v) is 26.7. The Morgan fingerprint density at radius 1 is 0.929 bits per heavy atom. The molecule has 42 heavy (non-hydrogen) atoms. The number of fused-ring (bicyclic) bond motifs is 3. The predicted octanol–water partition coefficient (Wildman–Crippen LogP) is 9.55. The van der Waals surface area contributed by atoms with Crippen molar-refractivity contribution in [1.82, 2.24) is 0 Å². The minimum atomic E-state index is -0.683. The Morgan fingerprint density at radius 3 is 2.21 bits per heavy atom. The van der Waals surface area contributed by atoms with Crippen molar-refractivity contribution < 1.29 is 24.2 Å². The van der Waals surface area contributed by atoms with Crippen molar-refractivity contribution >= 4 is 23.3 Å². The van der Waals surface area contributed by atoms with Gasteiger partial charge in [-0.3, -0.25) is 14.4 Å². The highest BCUT2D eigenvalue weighted by molar-refractivity contribution is 6.52. The van der Waals surface area contributed by atoms with E-state index < -0.39 is 17.5 Å². The van der Waals surface area contributed by atoms with E-state index in [1.165, 1.54) is 57.8 Å². The van der Waals surface area contributed by atoms with Gasteiger partial charge in [-0.25, -0.2) is 0 Å². The zero-order valence-electron chi connectivity index (χ0n) is 26.7. The van der Waals surface area contributed by atoms with Gasteiger partial charge in [0.25, 0.3) is 0 Å². The van der Waals surface area contributed by atoms with E-state index in [0.29, 0.717) is 17.5 Å². The smallest absolute Gasteiger partial charge is 0.305 e. The molecule has 5 nitrogen and oxygen atoms in total. The zero-order chi connectivity index (χ0) is 30.5. The first-order valence-corrected chi connectivity index (χ1v) is 16.7. The lowest BCUT2D eigenvalue weighted by molar-refractivity contribution is -0.144. The molecular formula is C37H54O5. The molecule has 0 heterocycles. The molecule has 0 saturated carbocycles. The number of carbonyl (C=O) groups excluding carboxylic acids is 3. The number of carbonyl (C=O) groups is 3. The number of unbranched alkanes of at least 4 members (excludes halogenated alkanes) is 11. The van der Waals surface area contributed by atoms with E-state index in [2.05, 4.69) is 32.9 Å². The van der Waals surface area contributed by atoms with Crippen LogP contribution in [0, 0.1) is 5.92 Å². The Labute approximate surface area is 254 Å². The predicted molar refractivity (Wildman–Crippen MR) is 171 cm³/mol. The maximum absolute atomic E-state index is 13.3. The molecule has 0 amide bonds. The van der Waals surface area contributed by atoms with Crippen molar-refractivity contribution in [2.75, 3.05) is 6.61 Å². The monoisotopic (exact) mass is 578 g/mol. The number of benzene rings is 1. The summed E-state index contributed by atoms with van der Waals surface area (Å²) in [5, 5.41) is 11.1. The fourth-order valence-corrected chi connectivity index (χ4v) is 6.50. The minimum absolute atomic E-state index is 0.0321. The van der Waals surface area contributed by atoms with Crippen molar-refractivity contribution in [2.24, 2.45) is 5.92 Å². The van der Waals surface area contributed by atoms with E-state index in [4.69, 9.17) is 4.74 Å². The van der Waals surface area contributed by atoms with Gasteiger partial charge in [0.05, 0.1) is 12.2 Å². The summed E-state index contributed by atoms with van der Waals surface area (Å²) in [5.41, 5.74) is 2.75. The molecule has 1 atom stereocenters. The Balaban J connectivity index is 1.36. The van der Waals surface area contributed by atoms with E-state index in [9.17, 15) is 19.5 Å². The normalized spacial score (nSPS) is 17.0. The second-order valence-corrected chi connectivity index (χ2v) is 13.1. The van der Waals surface area contributed by atoms with Crippen LogP contribution in [0.15, 0.2) is 29.9 Å². The van der Waals surface area contributed by atoms with E-state index in [1.807, 2.05) is 6.07 Å². The largest absolute Gasteiger partial charge is 0.507 e. The second kappa shape index (κ2) is 16.8. The highest BCUT2D eigenvalue weighted by atomic mass is 16.5. The fraction of sp³-hybridized carbons (Fsp3) is 0.649. The molecule has 1 aromatic rings. The Morgan fingerprint density at radius 2 is 1.55 bits per heavy atom. The lowest BCUT2D eigenvalue weighted by Gasteiger charge is -2.35. The van der Waals surface area contributed by atoms with Crippen LogP contribution in [0.3, 0.4) is 0 Å². The van der Waals surface area contributed by atoms with Gasteiger partial charge < -0.3 is 9.84 Å². The summed E-state index contributed by atoms with van der Waals surface area (Å²) in [6, 6.07) is 3.76. The third kappa shape index (κ3) is 9.15. The number of hydrogen-bond donors (Lipinski definition) is 1. The van der Waals surface area contributed by atoms with Gasteiger partial charge in [-0.05, 0) is 67.9 Å². The van der Waals surface area contributed by atoms with Gasteiger partial charge in [0, 0.05) is 23.5 Å². The fourth-order valence-electron chi connectivity index (χ4n) is 6.50. The molecule has 0 aliphatic heterocycles. The number of Topliss-reactive ketones (excluding diaryl/α,β-unsaturated/α-hetero) is 2. The molecule has 1 N–H and O–H groups in total. The number of rotatable bonds is 18. The summed E-state index contributed by atoms with van der Waals surface area (Å²) >= 11 is 0. The molecule has 0 spiro atoms. The average Bonchev–Trinajstić information content (AvgIpc) is 2.96. The molecule has 2 aliphatic carbocycles. The number of aliphatic hydroxyl groups is 1. The molecule has 3 rings (SSSR count). The summed E-state index contributed by atoms with van der Waals surface area (Å²) < 4.78 is 5.46. The molecule has 0 bridgehead atoms. The first-order valence-electron chi connectivity index (χ1n) is 16.7. The summed E-state index contributed by atoms with van der Waals surface area (Å²) in [6.45, 7) is 8.25. The number of hydrogen-bond acceptors (Lipinski definition) is 5. The number of esters is 1. The SMILES string of the molecule is CCCCCCCC/C=C\CCCCCCCC(=O)OCC(C)C1=C(O)c2ccc3c(c2C(=O)C1=O)CCCC3(C)C. The average molecular weight is 579 g/mol. The number of aliphatic hydroxyl groups excluding tert-OH is 1. The molecule has 1 unspecified atom stereocenters. The summed E-state index contributed by atoms with van der Waals surface area (Å²) in [4.78, 5) is 38.8. The van der Waals surface area contributed by atoms with Gasteiger partial charge in [0.2, 0.25) is 11.6 Å². The highest BCUT2D eigenvalue weighted by Gasteiger charge is 2.40. The first kappa shape index (κ1) is 33.8. The van der Waals surface area contributed by atoms with Crippen molar-refractivity contribution in [1.29, 1.82) is 0 Å². The van der Waals surface area contributed by atoms with E-state index in [-0.39, 0.29) is 29.3 Å². The van der Waals surface area contributed by atoms with Crippen LogP contribution in [0.1, 0.15) is 157 Å². The van der Waals surface area contributed by atoms with Gasteiger partial charge in [-0.1, -0.05) is 103 Å². The molecular weight excluding hydrogens is 524 g/mol. The summed E-state index contributed by atoms with van der Waals surface area (Å²) in [7, 11) is 0. The first-order chi connectivity index (χ1) is 20.2. The molecule has 0 aromatic heterocycles. The maximum atomic E-state index is 13.3. The van der Waals surface area contributed by atoms with Crippen LogP contribution >= 0.6 is 0 Å². The van der Waals surface area contributed by atoms with Crippen molar-refractivity contribution in [3.63, 3.8) is 0 Å². The van der Waals surface area contributed by atoms with Crippen molar-refractivity contribution in [3.8, 4) is 0 Å². The molecule has 232 valence electrons. The number of ether oxygens (including phenoxy) is 1.